The summed E-state index contributed by atoms with van der Waals surface area (Å²) in [6.45, 7) is 1.55. The maximum atomic E-state index is 6.03. The van der Waals surface area contributed by atoms with Gasteiger partial charge in [-0.25, -0.2) is 0 Å². The van der Waals surface area contributed by atoms with Crippen LogP contribution < -0.4 is 5.73 Å². The summed E-state index contributed by atoms with van der Waals surface area (Å²) in [5.41, 5.74) is 7.28. The molecular weight excluding hydrogens is 322 g/mol. The highest BCUT2D eigenvalue weighted by atomic mass is 79.9. The average molecular weight is 336 g/mol. The Morgan fingerprint density at radius 2 is 2.26 bits per heavy atom. The molecule has 0 bridgehead atoms. The maximum absolute atomic E-state index is 6.03. The van der Waals surface area contributed by atoms with Gasteiger partial charge in [0.15, 0.2) is 5.96 Å². The molecule has 1 atom stereocenters. The van der Waals surface area contributed by atoms with Crippen LogP contribution in [0.2, 0.25) is 0 Å². The minimum Gasteiger partial charge on any atom is -0.370 e. The summed E-state index contributed by atoms with van der Waals surface area (Å²) in [4.78, 5) is 7.88. The molecule has 2 heterocycles. The third-order valence-electron chi connectivity index (χ3n) is 3.24. The largest absolute Gasteiger partial charge is 0.370 e. The van der Waals surface area contributed by atoms with E-state index in [1.165, 1.54) is 10.4 Å². The van der Waals surface area contributed by atoms with E-state index < -0.39 is 0 Å². The third-order valence-corrected chi connectivity index (χ3v) is 4.59. The first-order valence-corrected chi connectivity index (χ1v) is 7.76. The molecule has 0 saturated heterocycles. The molecule has 1 aromatic heterocycles. The smallest absolute Gasteiger partial charge is 0.192 e. The number of thiophene rings is 1. The van der Waals surface area contributed by atoms with Crippen LogP contribution in [-0.4, -0.2) is 17.4 Å². The lowest BCUT2D eigenvalue weighted by atomic mass is 10.1. The number of hydrogen-bond donors (Lipinski definition) is 1. The van der Waals surface area contributed by atoms with Gasteiger partial charge in [-0.15, -0.1) is 11.3 Å². The van der Waals surface area contributed by atoms with Crippen molar-refractivity contribution in [1.82, 2.24) is 4.90 Å². The number of nitrogens with zero attached hydrogens (tertiary/aromatic N) is 2. The summed E-state index contributed by atoms with van der Waals surface area (Å²) in [5.74, 6) is 0.637. The number of hydrogen-bond acceptors (Lipinski definition) is 4. The van der Waals surface area contributed by atoms with Crippen LogP contribution >= 0.6 is 27.3 Å². The predicted molar refractivity (Wildman–Crippen MR) is 83.2 cm³/mol. The molecule has 1 aliphatic rings. The van der Waals surface area contributed by atoms with Gasteiger partial charge in [0, 0.05) is 9.35 Å². The SMILES string of the molecule is NC1=NCC(c2cccc(Br)c2)N1Cc1cccs1. The normalized spacial score (nSPS) is 18.7. The molecule has 5 heteroatoms. The average Bonchev–Trinajstić information content (AvgIpc) is 3.01. The van der Waals surface area contributed by atoms with E-state index in [1.54, 1.807) is 11.3 Å². The first kappa shape index (κ1) is 12.7. The van der Waals surface area contributed by atoms with Gasteiger partial charge in [0.2, 0.25) is 0 Å². The molecule has 98 valence electrons. The topological polar surface area (TPSA) is 41.6 Å². The zero-order chi connectivity index (χ0) is 13.2. The summed E-state index contributed by atoms with van der Waals surface area (Å²) in [6.07, 6.45) is 0. The van der Waals surface area contributed by atoms with Crippen molar-refractivity contribution in [3.8, 4) is 0 Å². The van der Waals surface area contributed by atoms with E-state index in [0.29, 0.717) is 5.96 Å². The Bertz CT molecular complexity index is 594. The minimum absolute atomic E-state index is 0.236. The van der Waals surface area contributed by atoms with Gasteiger partial charge < -0.3 is 10.6 Å². The zero-order valence-electron chi connectivity index (χ0n) is 10.3. The first-order chi connectivity index (χ1) is 9.24. The van der Waals surface area contributed by atoms with E-state index in [9.17, 15) is 0 Å². The van der Waals surface area contributed by atoms with Gasteiger partial charge in [-0.3, -0.25) is 4.99 Å². The van der Waals surface area contributed by atoms with Crippen LogP contribution in [0.15, 0.2) is 51.2 Å². The Balaban J connectivity index is 1.85. The van der Waals surface area contributed by atoms with Crippen molar-refractivity contribution in [2.75, 3.05) is 6.54 Å². The Hall–Kier alpha value is -1.33. The molecule has 3 nitrogen and oxygen atoms in total. The standard InChI is InChI=1S/C14H14BrN3S/c15-11-4-1-3-10(7-11)13-8-17-14(16)18(13)9-12-5-2-6-19-12/h1-7,13H,8-9H2,(H2,16,17). The molecule has 0 aliphatic carbocycles. The Kier molecular flexibility index (Phi) is 3.57. The number of aliphatic imine (C=N–C) groups is 1. The summed E-state index contributed by atoms with van der Waals surface area (Å²) >= 11 is 5.27. The number of nitrogens with two attached hydrogens (primary N) is 1. The third kappa shape index (κ3) is 2.67. The van der Waals surface area contributed by atoms with Crippen LogP contribution in [-0.2, 0) is 6.54 Å². The monoisotopic (exact) mass is 335 g/mol. The van der Waals surface area contributed by atoms with Crippen molar-refractivity contribution in [2.45, 2.75) is 12.6 Å². The summed E-state index contributed by atoms with van der Waals surface area (Å²) < 4.78 is 1.09. The van der Waals surface area contributed by atoms with Crippen LogP contribution in [0.1, 0.15) is 16.5 Å². The summed E-state index contributed by atoms with van der Waals surface area (Å²) in [5, 5.41) is 2.09. The number of halogens is 1. The maximum Gasteiger partial charge on any atom is 0.192 e. The highest BCUT2D eigenvalue weighted by molar-refractivity contribution is 9.10. The van der Waals surface area contributed by atoms with Crippen molar-refractivity contribution >= 4 is 33.2 Å². The molecular formula is C14H14BrN3S. The lowest BCUT2D eigenvalue weighted by Crippen LogP contribution is -2.35. The number of guanidine groups is 1. The lowest BCUT2D eigenvalue weighted by molar-refractivity contribution is 0.343. The number of benzene rings is 1. The molecule has 0 saturated carbocycles. The fraction of sp³-hybridized carbons (Fsp3) is 0.214. The molecule has 19 heavy (non-hydrogen) atoms. The van der Waals surface area contributed by atoms with E-state index in [1.807, 2.05) is 6.07 Å². The fourth-order valence-electron chi connectivity index (χ4n) is 2.29. The second-order valence-corrected chi connectivity index (χ2v) is 6.42. The molecule has 0 spiro atoms. The fourth-order valence-corrected chi connectivity index (χ4v) is 3.41. The van der Waals surface area contributed by atoms with E-state index >= 15 is 0 Å². The molecule has 3 rings (SSSR count). The first-order valence-electron chi connectivity index (χ1n) is 6.08. The van der Waals surface area contributed by atoms with Gasteiger partial charge in [-0.05, 0) is 29.1 Å². The Morgan fingerprint density at radius 3 is 3.00 bits per heavy atom. The molecule has 2 N–H and O–H groups in total. The highest BCUT2D eigenvalue weighted by Gasteiger charge is 2.27. The van der Waals surface area contributed by atoms with Crippen LogP contribution in [0.4, 0.5) is 0 Å². The Morgan fingerprint density at radius 1 is 1.37 bits per heavy atom. The van der Waals surface area contributed by atoms with Crippen molar-refractivity contribution in [1.29, 1.82) is 0 Å². The van der Waals surface area contributed by atoms with E-state index in [0.717, 1.165) is 17.6 Å². The second-order valence-electron chi connectivity index (χ2n) is 4.48. The van der Waals surface area contributed by atoms with Gasteiger partial charge in [-0.2, -0.15) is 0 Å². The van der Waals surface area contributed by atoms with E-state index in [-0.39, 0.29) is 6.04 Å². The quantitative estimate of drug-likeness (QED) is 0.934. The molecule has 0 radical (unpaired) electrons. The van der Waals surface area contributed by atoms with Gasteiger partial charge in [0.25, 0.3) is 0 Å². The molecule has 1 aromatic carbocycles. The Labute approximate surface area is 124 Å². The minimum atomic E-state index is 0.236. The lowest BCUT2D eigenvalue weighted by Gasteiger charge is -2.26. The van der Waals surface area contributed by atoms with E-state index in [2.05, 4.69) is 61.5 Å². The summed E-state index contributed by atoms with van der Waals surface area (Å²) in [6, 6.07) is 12.8. The zero-order valence-corrected chi connectivity index (χ0v) is 12.7. The van der Waals surface area contributed by atoms with Crippen molar-refractivity contribution < 1.29 is 0 Å². The second kappa shape index (κ2) is 5.35. The molecule has 1 aliphatic heterocycles. The van der Waals surface area contributed by atoms with Crippen LogP contribution in [0.3, 0.4) is 0 Å². The molecule has 0 amide bonds. The van der Waals surface area contributed by atoms with Gasteiger partial charge in [0.1, 0.15) is 0 Å². The van der Waals surface area contributed by atoms with Crippen molar-refractivity contribution in [3.05, 3.63) is 56.7 Å². The van der Waals surface area contributed by atoms with Gasteiger partial charge in [-0.1, -0.05) is 34.1 Å². The van der Waals surface area contributed by atoms with Crippen molar-refractivity contribution in [3.63, 3.8) is 0 Å². The summed E-state index contributed by atoms with van der Waals surface area (Å²) in [7, 11) is 0. The van der Waals surface area contributed by atoms with Crippen LogP contribution in [0, 0.1) is 0 Å². The van der Waals surface area contributed by atoms with Crippen molar-refractivity contribution in [2.24, 2.45) is 10.7 Å². The van der Waals surface area contributed by atoms with E-state index in [4.69, 9.17) is 5.73 Å². The molecule has 1 unspecified atom stereocenters. The van der Waals surface area contributed by atoms with Gasteiger partial charge in [0.05, 0.1) is 19.1 Å². The van der Waals surface area contributed by atoms with Gasteiger partial charge >= 0.3 is 0 Å². The van der Waals surface area contributed by atoms with Crippen LogP contribution in [0.5, 0.6) is 0 Å². The predicted octanol–water partition coefficient (Wildman–Crippen LogP) is 3.38. The highest BCUT2D eigenvalue weighted by Crippen LogP contribution is 2.29. The molecule has 0 fully saturated rings. The number of rotatable bonds is 3. The van der Waals surface area contributed by atoms with Crippen LogP contribution in [0.25, 0.3) is 0 Å². The molecule has 2 aromatic rings.